The van der Waals surface area contributed by atoms with Gasteiger partial charge in [-0.1, -0.05) is 62.4 Å². The largest absolute Gasteiger partial charge is 0.491 e. The molecule has 3 aromatic carbocycles. The molecule has 0 saturated carbocycles. The first-order valence-electron chi connectivity index (χ1n) is 12.4. The number of aromatic carboxylic acids is 1. The first-order chi connectivity index (χ1) is 17.0. The zero-order valence-electron chi connectivity index (χ0n) is 20.7. The minimum Gasteiger partial charge on any atom is -0.491 e. The number of nitrogens with zero attached hydrogens (tertiary/aromatic N) is 1. The lowest BCUT2D eigenvalue weighted by molar-refractivity contribution is 0.0695. The van der Waals surface area contributed by atoms with E-state index in [9.17, 15) is 9.90 Å². The summed E-state index contributed by atoms with van der Waals surface area (Å²) in [5.74, 6) is 0.432. The van der Waals surface area contributed by atoms with Crippen LogP contribution in [0.1, 0.15) is 52.0 Å². The molecule has 0 atom stereocenters. The van der Waals surface area contributed by atoms with Crippen LogP contribution in [0.15, 0.2) is 66.7 Å². The lowest BCUT2D eigenvalue weighted by Gasteiger charge is -2.24. The van der Waals surface area contributed by atoms with Crippen LogP contribution < -0.4 is 4.74 Å². The number of hydrogen-bond donors (Lipinski definition) is 1. The Labute approximate surface area is 208 Å². The smallest absolute Gasteiger partial charge is 0.335 e. The van der Waals surface area contributed by atoms with Gasteiger partial charge < -0.3 is 14.6 Å². The van der Waals surface area contributed by atoms with Gasteiger partial charge in [0.2, 0.25) is 0 Å². The van der Waals surface area contributed by atoms with E-state index in [1.807, 2.05) is 0 Å². The van der Waals surface area contributed by atoms with Crippen molar-refractivity contribution in [3.05, 3.63) is 100 Å². The third-order valence-corrected chi connectivity index (χ3v) is 6.21. The Morgan fingerprint density at radius 1 is 0.943 bits per heavy atom. The van der Waals surface area contributed by atoms with E-state index in [1.54, 1.807) is 18.2 Å². The number of rotatable bonds is 5. The molecule has 3 aromatic rings. The SMILES string of the molecule is CC(C)Cc1ccc(CN2CCOCCOc3ccc(C(=O)O)cc3Cc3cccc(c3)C2)cc1. The highest BCUT2D eigenvalue weighted by atomic mass is 16.5. The van der Waals surface area contributed by atoms with E-state index in [4.69, 9.17) is 9.47 Å². The van der Waals surface area contributed by atoms with Crippen molar-refractivity contribution >= 4 is 5.97 Å². The Kier molecular flexibility index (Phi) is 8.56. The molecule has 1 N–H and O–H groups in total. The predicted molar refractivity (Wildman–Crippen MR) is 138 cm³/mol. The number of benzene rings is 3. The Balaban J connectivity index is 1.54. The van der Waals surface area contributed by atoms with Gasteiger partial charge in [-0.2, -0.15) is 0 Å². The highest BCUT2D eigenvalue weighted by Crippen LogP contribution is 2.25. The lowest BCUT2D eigenvalue weighted by Crippen LogP contribution is -2.27. The van der Waals surface area contributed by atoms with E-state index in [0.717, 1.165) is 37.2 Å². The van der Waals surface area contributed by atoms with E-state index in [-0.39, 0.29) is 5.56 Å². The average Bonchev–Trinajstić information content (AvgIpc) is 2.82. The molecule has 2 bridgehead atoms. The lowest BCUT2D eigenvalue weighted by atomic mass is 9.99. The molecule has 35 heavy (non-hydrogen) atoms. The number of ether oxygens (including phenoxy) is 2. The van der Waals surface area contributed by atoms with Crippen molar-refractivity contribution in [1.29, 1.82) is 0 Å². The van der Waals surface area contributed by atoms with Crippen molar-refractivity contribution < 1.29 is 19.4 Å². The molecular formula is C30H35NO4. The van der Waals surface area contributed by atoms with Crippen LogP contribution in [-0.2, 0) is 30.7 Å². The summed E-state index contributed by atoms with van der Waals surface area (Å²) >= 11 is 0. The summed E-state index contributed by atoms with van der Waals surface area (Å²) in [5.41, 5.74) is 6.19. The summed E-state index contributed by atoms with van der Waals surface area (Å²) in [6.45, 7) is 8.55. The molecule has 0 radical (unpaired) electrons. The van der Waals surface area contributed by atoms with Gasteiger partial charge in [-0.05, 0) is 58.4 Å². The van der Waals surface area contributed by atoms with Gasteiger partial charge in [-0.3, -0.25) is 4.90 Å². The van der Waals surface area contributed by atoms with Crippen molar-refractivity contribution in [3.63, 3.8) is 0 Å². The summed E-state index contributed by atoms with van der Waals surface area (Å²) in [4.78, 5) is 13.9. The van der Waals surface area contributed by atoms with Gasteiger partial charge in [0.05, 0.1) is 18.8 Å². The third kappa shape index (κ3) is 7.41. The molecule has 1 aliphatic rings. The molecule has 0 unspecified atom stereocenters. The summed E-state index contributed by atoms with van der Waals surface area (Å²) < 4.78 is 11.8. The Hall–Kier alpha value is -3.15. The maximum absolute atomic E-state index is 11.5. The predicted octanol–water partition coefficient (Wildman–Crippen LogP) is 5.59. The van der Waals surface area contributed by atoms with E-state index in [0.29, 0.717) is 37.9 Å². The van der Waals surface area contributed by atoms with Crippen LogP contribution >= 0.6 is 0 Å². The molecule has 0 saturated heterocycles. The zero-order valence-corrected chi connectivity index (χ0v) is 20.7. The van der Waals surface area contributed by atoms with Crippen LogP contribution in [0.25, 0.3) is 0 Å². The number of carboxylic acid groups (broad SMARTS) is 1. The second-order valence-electron chi connectivity index (χ2n) is 9.71. The Morgan fingerprint density at radius 3 is 2.49 bits per heavy atom. The molecular weight excluding hydrogens is 438 g/mol. The summed E-state index contributed by atoms with van der Waals surface area (Å²) in [6, 6.07) is 22.6. The van der Waals surface area contributed by atoms with Crippen LogP contribution in [0.3, 0.4) is 0 Å². The second kappa shape index (κ2) is 12.0. The summed E-state index contributed by atoms with van der Waals surface area (Å²) in [5, 5.41) is 9.44. The molecule has 5 nitrogen and oxygen atoms in total. The highest BCUT2D eigenvalue weighted by Gasteiger charge is 2.13. The Morgan fingerprint density at radius 2 is 1.71 bits per heavy atom. The van der Waals surface area contributed by atoms with Crippen molar-refractivity contribution in [3.8, 4) is 5.75 Å². The fourth-order valence-corrected chi connectivity index (χ4v) is 4.54. The van der Waals surface area contributed by atoms with Crippen molar-refractivity contribution in [2.75, 3.05) is 26.4 Å². The van der Waals surface area contributed by atoms with Gasteiger partial charge in [0, 0.05) is 26.1 Å². The molecule has 4 rings (SSSR count). The molecule has 1 aliphatic heterocycles. The first-order valence-corrected chi connectivity index (χ1v) is 12.4. The normalized spacial score (nSPS) is 15.2. The standard InChI is InChI=1S/C30H35NO4/c1-22(2)16-23-6-8-24(9-7-23)20-31-12-13-34-14-15-35-29-11-10-27(30(32)33)19-28(29)18-25-4-3-5-26(17-25)21-31/h3-11,17,19,22H,12-16,18,20-21H2,1-2H3,(H,32,33). The van der Waals surface area contributed by atoms with E-state index in [2.05, 4.69) is 67.3 Å². The average molecular weight is 474 g/mol. The monoisotopic (exact) mass is 473 g/mol. The van der Waals surface area contributed by atoms with Gasteiger partial charge in [-0.25, -0.2) is 4.79 Å². The third-order valence-electron chi connectivity index (χ3n) is 6.21. The minimum atomic E-state index is -0.933. The second-order valence-corrected chi connectivity index (χ2v) is 9.71. The van der Waals surface area contributed by atoms with Gasteiger partial charge in [0.25, 0.3) is 0 Å². The van der Waals surface area contributed by atoms with Gasteiger partial charge >= 0.3 is 5.97 Å². The first kappa shape index (κ1) is 25.0. The van der Waals surface area contributed by atoms with E-state index >= 15 is 0 Å². The van der Waals surface area contributed by atoms with Gasteiger partial charge in [0.1, 0.15) is 12.4 Å². The molecule has 0 aliphatic carbocycles. The highest BCUT2D eigenvalue weighted by molar-refractivity contribution is 5.88. The number of carbonyl (C=O) groups is 1. The maximum Gasteiger partial charge on any atom is 0.335 e. The van der Waals surface area contributed by atoms with Crippen LogP contribution in [0, 0.1) is 5.92 Å². The van der Waals surface area contributed by atoms with Crippen LogP contribution in [0.4, 0.5) is 0 Å². The van der Waals surface area contributed by atoms with Crippen molar-refractivity contribution in [2.45, 2.75) is 39.8 Å². The van der Waals surface area contributed by atoms with Crippen LogP contribution in [0.2, 0.25) is 0 Å². The summed E-state index contributed by atoms with van der Waals surface area (Å²) in [7, 11) is 0. The fourth-order valence-electron chi connectivity index (χ4n) is 4.54. The molecule has 0 spiro atoms. The number of hydrogen-bond acceptors (Lipinski definition) is 4. The van der Waals surface area contributed by atoms with Crippen LogP contribution in [0.5, 0.6) is 5.75 Å². The molecule has 0 aromatic heterocycles. The van der Waals surface area contributed by atoms with E-state index < -0.39 is 5.97 Å². The minimum absolute atomic E-state index is 0.270. The molecule has 0 amide bonds. The maximum atomic E-state index is 11.5. The fraction of sp³-hybridized carbons (Fsp3) is 0.367. The van der Waals surface area contributed by atoms with E-state index in [1.165, 1.54) is 16.7 Å². The molecule has 1 heterocycles. The Bertz CT molecular complexity index is 1120. The molecule has 5 heteroatoms. The van der Waals surface area contributed by atoms with Gasteiger partial charge in [-0.15, -0.1) is 0 Å². The quantitative estimate of drug-likeness (QED) is 0.524. The van der Waals surface area contributed by atoms with Crippen molar-refractivity contribution in [1.82, 2.24) is 4.90 Å². The molecule has 184 valence electrons. The van der Waals surface area contributed by atoms with Gasteiger partial charge in [0.15, 0.2) is 0 Å². The summed E-state index contributed by atoms with van der Waals surface area (Å²) in [6.07, 6.45) is 1.71. The zero-order chi connectivity index (χ0) is 24.6. The number of fused-ring (bicyclic) bond motifs is 3. The number of carboxylic acids is 1. The topological polar surface area (TPSA) is 59.0 Å². The van der Waals surface area contributed by atoms with Crippen LogP contribution in [-0.4, -0.2) is 42.3 Å². The van der Waals surface area contributed by atoms with Crippen molar-refractivity contribution in [2.24, 2.45) is 5.92 Å². The molecule has 0 fully saturated rings.